The molecule has 0 spiro atoms. The standard InChI is InChI=1S/C18H16N2O3S/c1-24(22,23)18-10-9-15(12-19-18)20-17(21)11-14-7-4-6-13-5-2-3-8-16(13)14/h2-10,12H,11H2,1H3,(H,20,21). The number of anilines is 1. The summed E-state index contributed by atoms with van der Waals surface area (Å²) in [5.41, 5.74) is 1.40. The van der Waals surface area contributed by atoms with E-state index in [2.05, 4.69) is 10.3 Å². The van der Waals surface area contributed by atoms with Crippen molar-refractivity contribution in [2.45, 2.75) is 11.4 Å². The van der Waals surface area contributed by atoms with E-state index in [1.807, 2.05) is 42.5 Å². The highest BCUT2D eigenvalue weighted by atomic mass is 32.2. The zero-order chi connectivity index (χ0) is 17.2. The lowest BCUT2D eigenvalue weighted by Gasteiger charge is -2.08. The van der Waals surface area contributed by atoms with E-state index in [4.69, 9.17) is 0 Å². The van der Waals surface area contributed by atoms with Gasteiger partial charge >= 0.3 is 0 Å². The molecule has 0 aliphatic heterocycles. The third-order valence-corrected chi connectivity index (χ3v) is 4.63. The Hall–Kier alpha value is -2.73. The van der Waals surface area contributed by atoms with Crippen LogP contribution in [0.5, 0.6) is 0 Å². The molecule has 0 saturated heterocycles. The zero-order valence-corrected chi connectivity index (χ0v) is 13.9. The minimum absolute atomic E-state index is 0.0189. The molecule has 3 rings (SSSR count). The predicted octanol–water partition coefficient (Wildman–Crippen LogP) is 2.82. The van der Waals surface area contributed by atoms with E-state index in [-0.39, 0.29) is 17.4 Å². The molecule has 1 heterocycles. The second-order valence-corrected chi connectivity index (χ2v) is 7.48. The third-order valence-electron chi connectivity index (χ3n) is 3.63. The summed E-state index contributed by atoms with van der Waals surface area (Å²) in [6.07, 6.45) is 2.67. The minimum Gasteiger partial charge on any atom is -0.324 e. The predicted molar refractivity (Wildman–Crippen MR) is 93.6 cm³/mol. The number of fused-ring (bicyclic) bond motifs is 1. The van der Waals surface area contributed by atoms with Gasteiger partial charge in [0.15, 0.2) is 14.9 Å². The first-order valence-corrected chi connectivity index (χ1v) is 9.25. The number of aromatic nitrogens is 1. The van der Waals surface area contributed by atoms with Crippen molar-refractivity contribution < 1.29 is 13.2 Å². The second kappa shape index (κ2) is 6.41. The highest BCUT2D eigenvalue weighted by Crippen LogP contribution is 2.19. The van der Waals surface area contributed by atoms with Crippen LogP contribution in [-0.2, 0) is 21.1 Å². The lowest BCUT2D eigenvalue weighted by Crippen LogP contribution is -2.15. The summed E-state index contributed by atoms with van der Waals surface area (Å²) in [5, 5.41) is 4.85. The number of benzene rings is 2. The average Bonchev–Trinajstić information content (AvgIpc) is 2.55. The minimum atomic E-state index is -3.34. The van der Waals surface area contributed by atoms with Gasteiger partial charge in [-0.3, -0.25) is 4.79 Å². The lowest BCUT2D eigenvalue weighted by atomic mass is 10.0. The van der Waals surface area contributed by atoms with E-state index in [0.717, 1.165) is 22.6 Å². The van der Waals surface area contributed by atoms with E-state index in [1.165, 1.54) is 18.3 Å². The van der Waals surface area contributed by atoms with Crippen LogP contribution < -0.4 is 5.32 Å². The Morgan fingerprint density at radius 1 is 1.04 bits per heavy atom. The number of rotatable bonds is 4. The van der Waals surface area contributed by atoms with Gasteiger partial charge in [0.2, 0.25) is 5.91 Å². The van der Waals surface area contributed by atoms with Crippen molar-refractivity contribution in [3.8, 4) is 0 Å². The first kappa shape index (κ1) is 16.1. The number of carbonyl (C=O) groups is 1. The monoisotopic (exact) mass is 340 g/mol. The summed E-state index contributed by atoms with van der Waals surface area (Å²) in [4.78, 5) is 16.1. The van der Waals surface area contributed by atoms with Crippen LogP contribution in [0.3, 0.4) is 0 Å². The molecular formula is C18H16N2O3S. The van der Waals surface area contributed by atoms with Gasteiger partial charge in [0.25, 0.3) is 0 Å². The van der Waals surface area contributed by atoms with Crippen molar-refractivity contribution in [1.29, 1.82) is 0 Å². The Balaban J connectivity index is 1.76. The van der Waals surface area contributed by atoms with E-state index < -0.39 is 9.84 Å². The Bertz CT molecular complexity index is 991. The largest absolute Gasteiger partial charge is 0.324 e. The lowest BCUT2D eigenvalue weighted by molar-refractivity contribution is -0.115. The number of sulfone groups is 1. The number of pyridine rings is 1. The fourth-order valence-corrected chi connectivity index (χ4v) is 3.06. The summed E-state index contributed by atoms with van der Waals surface area (Å²) in [6, 6.07) is 16.7. The van der Waals surface area contributed by atoms with Crippen LogP contribution in [-0.4, -0.2) is 25.6 Å². The van der Waals surface area contributed by atoms with Crippen molar-refractivity contribution in [1.82, 2.24) is 4.98 Å². The normalized spacial score (nSPS) is 11.4. The first-order valence-electron chi connectivity index (χ1n) is 7.36. The molecule has 0 aliphatic rings. The maximum Gasteiger partial charge on any atom is 0.228 e. The molecule has 2 aromatic carbocycles. The van der Waals surface area contributed by atoms with E-state index in [9.17, 15) is 13.2 Å². The zero-order valence-electron chi connectivity index (χ0n) is 13.1. The molecule has 1 amide bonds. The summed E-state index contributed by atoms with van der Waals surface area (Å²) in [7, 11) is -3.34. The Labute approximate surface area is 140 Å². The Morgan fingerprint density at radius 2 is 1.79 bits per heavy atom. The van der Waals surface area contributed by atoms with Gasteiger partial charge in [-0.05, 0) is 28.5 Å². The molecule has 0 atom stereocenters. The first-order chi connectivity index (χ1) is 11.4. The summed E-state index contributed by atoms with van der Waals surface area (Å²) in [5.74, 6) is -0.180. The SMILES string of the molecule is CS(=O)(=O)c1ccc(NC(=O)Cc2cccc3ccccc23)cn1. The van der Waals surface area contributed by atoms with Crippen molar-refractivity contribution in [2.24, 2.45) is 0 Å². The maximum atomic E-state index is 12.3. The molecule has 24 heavy (non-hydrogen) atoms. The van der Waals surface area contributed by atoms with Gasteiger partial charge in [-0.15, -0.1) is 0 Å². The molecule has 1 N–H and O–H groups in total. The molecule has 6 heteroatoms. The van der Waals surface area contributed by atoms with Gasteiger partial charge in [0, 0.05) is 6.26 Å². The van der Waals surface area contributed by atoms with Crippen LogP contribution in [0.4, 0.5) is 5.69 Å². The third kappa shape index (κ3) is 3.60. The summed E-state index contributed by atoms with van der Waals surface area (Å²) < 4.78 is 22.8. The molecule has 0 fully saturated rings. The number of carbonyl (C=O) groups excluding carboxylic acids is 1. The number of hydrogen-bond acceptors (Lipinski definition) is 4. The van der Waals surface area contributed by atoms with Crippen molar-refractivity contribution in [3.05, 3.63) is 66.4 Å². The average molecular weight is 340 g/mol. The quantitative estimate of drug-likeness (QED) is 0.792. The highest BCUT2D eigenvalue weighted by molar-refractivity contribution is 7.90. The molecule has 0 aliphatic carbocycles. The van der Waals surface area contributed by atoms with E-state index in [0.29, 0.717) is 5.69 Å². The molecular weight excluding hydrogens is 324 g/mol. The molecule has 0 unspecified atom stereocenters. The van der Waals surface area contributed by atoms with Crippen LogP contribution in [0.25, 0.3) is 10.8 Å². The van der Waals surface area contributed by atoms with Crippen LogP contribution in [0.15, 0.2) is 65.8 Å². The fourth-order valence-electron chi connectivity index (χ4n) is 2.50. The molecule has 0 bridgehead atoms. The van der Waals surface area contributed by atoms with Crippen LogP contribution in [0, 0.1) is 0 Å². The second-order valence-electron chi connectivity index (χ2n) is 5.52. The number of nitrogens with zero attached hydrogens (tertiary/aromatic N) is 1. The molecule has 5 nitrogen and oxygen atoms in total. The van der Waals surface area contributed by atoms with Gasteiger partial charge in [-0.25, -0.2) is 13.4 Å². The Kier molecular flexibility index (Phi) is 4.31. The number of hydrogen-bond donors (Lipinski definition) is 1. The summed E-state index contributed by atoms with van der Waals surface area (Å²) >= 11 is 0. The summed E-state index contributed by atoms with van der Waals surface area (Å²) in [6.45, 7) is 0. The number of amides is 1. The van der Waals surface area contributed by atoms with Crippen LogP contribution in [0.1, 0.15) is 5.56 Å². The smallest absolute Gasteiger partial charge is 0.228 e. The molecule has 0 radical (unpaired) electrons. The highest BCUT2D eigenvalue weighted by Gasteiger charge is 2.10. The molecule has 3 aromatic rings. The molecule has 122 valence electrons. The van der Waals surface area contributed by atoms with Gasteiger partial charge in [-0.1, -0.05) is 42.5 Å². The maximum absolute atomic E-state index is 12.3. The fraction of sp³-hybridized carbons (Fsp3) is 0.111. The topological polar surface area (TPSA) is 76.1 Å². The van der Waals surface area contributed by atoms with E-state index >= 15 is 0 Å². The number of nitrogens with one attached hydrogen (secondary N) is 1. The van der Waals surface area contributed by atoms with Crippen LogP contribution in [0.2, 0.25) is 0 Å². The van der Waals surface area contributed by atoms with Crippen molar-refractivity contribution in [2.75, 3.05) is 11.6 Å². The van der Waals surface area contributed by atoms with Gasteiger partial charge in [-0.2, -0.15) is 0 Å². The van der Waals surface area contributed by atoms with Gasteiger partial charge in [0.05, 0.1) is 18.3 Å². The van der Waals surface area contributed by atoms with Crippen molar-refractivity contribution >= 4 is 32.2 Å². The van der Waals surface area contributed by atoms with Crippen molar-refractivity contribution in [3.63, 3.8) is 0 Å². The Morgan fingerprint density at radius 3 is 2.50 bits per heavy atom. The van der Waals surface area contributed by atoms with Gasteiger partial charge < -0.3 is 5.32 Å². The molecule has 0 saturated carbocycles. The van der Waals surface area contributed by atoms with Crippen LogP contribution >= 0.6 is 0 Å². The van der Waals surface area contributed by atoms with Gasteiger partial charge in [0.1, 0.15) is 0 Å². The van der Waals surface area contributed by atoms with E-state index in [1.54, 1.807) is 0 Å². The molecule has 1 aromatic heterocycles.